The van der Waals surface area contributed by atoms with Gasteiger partial charge in [-0.15, -0.1) is 0 Å². The molecule has 1 fully saturated rings. The fraction of sp³-hybridized carbons (Fsp3) is 0.245. The summed E-state index contributed by atoms with van der Waals surface area (Å²) in [5.41, 5.74) is 8.65. The van der Waals surface area contributed by atoms with E-state index < -0.39 is 28.3 Å². The summed E-state index contributed by atoms with van der Waals surface area (Å²) in [6.07, 6.45) is 0.0427. The van der Waals surface area contributed by atoms with Gasteiger partial charge in [0.25, 0.3) is 0 Å². The monoisotopic (exact) mass is 809 g/mol. The average molecular weight is 810 g/mol. The molecule has 1 aliphatic heterocycles. The zero-order valence-corrected chi connectivity index (χ0v) is 34.2. The van der Waals surface area contributed by atoms with Crippen molar-refractivity contribution in [2.75, 3.05) is 13.6 Å². The fourth-order valence-corrected chi connectivity index (χ4v) is 8.55. The molecule has 1 amide bonds. The molecular weight excluding hydrogens is 759 g/mol. The van der Waals surface area contributed by atoms with Crippen molar-refractivity contribution >= 4 is 15.9 Å². The molecule has 1 saturated heterocycles. The minimum Gasteiger partial charge on any atom is -0.392 e. The number of hydrogen-bond donors (Lipinski definition) is 3. The number of likely N-dealkylation sites (N-methyl/N-ethyl adjacent to an activating group) is 1. The van der Waals surface area contributed by atoms with Gasteiger partial charge in [-0.3, -0.25) is 9.69 Å². The molecule has 0 unspecified atom stereocenters. The van der Waals surface area contributed by atoms with Crippen LogP contribution >= 0.6 is 0 Å². The van der Waals surface area contributed by atoms with Gasteiger partial charge in [-0.25, -0.2) is 8.42 Å². The lowest BCUT2D eigenvalue weighted by atomic mass is 9.99. The molecule has 304 valence electrons. The summed E-state index contributed by atoms with van der Waals surface area (Å²) in [6.45, 7) is 3.63. The summed E-state index contributed by atoms with van der Waals surface area (Å²) in [6, 6.07) is 49.3. The molecule has 7 rings (SSSR count). The van der Waals surface area contributed by atoms with Gasteiger partial charge in [0.1, 0.15) is 6.04 Å². The second kappa shape index (κ2) is 19.5. The van der Waals surface area contributed by atoms with Gasteiger partial charge in [0.15, 0.2) is 6.29 Å². The van der Waals surface area contributed by atoms with Crippen LogP contribution in [-0.2, 0) is 50.4 Å². The van der Waals surface area contributed by atoms with Crippen molar-refractivity contribution in [3.8, 4) is 11.1 Å². The van der Waals surface area contributed by atoms with Gasteiger partial charge in [0, 0.05) is 31.6 Å². The van der Waals surface area contributed by atoms with E-state index >= 15 is 0 Å². The van der Waals surface area contributed by atoms with Crippen LogP contribution in [0.5, 0.6) is 0 Å². The highest BCUT2D eigenvalue weighted by molar-refractivity contribution is 7.89. The summed E-state index contributed by atoms with van der Waals surface area (Å²) in [7, 11) is -1.85. The molecule has 3 N–H and O–H groups in total. The van der Waals surface area contributed by atoms with Crippen LogP contribution in [0.25, 0.3) is 11.1 Å². The fourth-order valence-electron chi connectivity index (χ4n) is 7.36. The van der Waals surface area contributed by atoms with Crippen LogP contribution in [-0.4, -0.2) is 50.1 Å². The van der Waals surface area contributed by atoms with Gasteiger partial charge in [-0.1, -0.05) is 145 Å². The lowest BCUT2D eigenvalue weighted by molar-refractivity contribution is -0.252. The number of nitrogens with zero attached hydrogens (tertiary/aromatic N) is 1. The lowest BCUT2D eigenvalue weighted by Crippen LogP contribution is -2.47. The van der Waals surface area contributed by atoms with Crippen molar-refractivity contribution in [2.45, 2.75) is 68.9 Å². The molecule has 0 spiro atoms. The number of benzene rings is 6. The van der Waals surface area contributed by atoms with E-state index in [1.165, 1.54) is 5.56 Å². The van der Waals surface area contributed by atoms with Gasteiger partial charge < -0.3 is 19.9 Å². The van der Waals surface area contributed by atoms with E-state index in [9.17, 15) is 18.3 Å². The highest BCUT2D eigenvalue weighted by Crippen LogP contribution is 2.39. The van der Waals surface area contributed by atoms with Gasteiger partial charge in [0.05, 0.1) is 23.7 Å². The van der Waals surface area contributed by atoms with E-state index in [4.69, 9.17) is 9.47 Å². The molecule has 6 aromatic carbocycles. The lowest BCUT2D eigenvalue weighted by Gasteiger charge is -2.38. The van der Waals surface area contributed by atoms with Crippen LogP contribution in [0.4, 0.5) is 0 Å². The largest absolute Gasteiger partial charge is 0.392 e. The molecule has 0 saturated carbocycles. The zero-order valence-electron chi connectivity index (χ0n) is 33.4. The first-order valence-electron chi connectivity index (χ1n) is 19.9. The first kappa shape index (κ1) is 41.7. The summed E-state index contributed by atoms with van der Waals surface area (Å²) in [4.78, 5) is 16.0. The van der Waals surface area contributed by atoms with Crippen LogP contribution in [0.15, 0.2) is 163 Å². The minimum atomic E-state index is -3.96. The van der Waals surface area contributed by atoms with Gasteiger partial charge in [-0.05, 0) is 77.5 Å². The van der Waals surface area contributed by atoms with Gasteiger partial charge >= 0.3 is 0 Å². The van der Waals surface area contributed by atoms with Crippen LogP contribution in [0.1, 0.15) is 57.8 Å². The van der Waals surface area contributed by atoms with Crippen molar-refractivity contribution in [3.05, 3.63) is 197 Å². The number of ether oxygens (including phenoxy) is 2. The topological polar surface area (TPSA) is 117 Å². The van der Waals surface area contributed by atoms with Crippen molar-refractivity contribution < 1.29 is 27.8 Å². The highest BCUT2D eigenvalue weighted by atomic mass is 32.2. The summed E-state index contributed by atoms with van der Waals surface area (Å²) >= 11 is 0. The zero-order chi connectivity index (χ0) is 41.2. The Balaban J connectivity index is 1.03. The van der Waals surface area contributed by atoms with Crippen LogP contribution < -0.4 is 10.0 Å². The number of amides is 1. The van der Waals surface area contributed by atoms with E-state index in [1.54, 1.807) is 24.3 Å². The molecule has 0 bridgehead atoms. The number of carbonyl (C=O) groups is 1. The van der Waals surface area contributed by atoms with E-state index in [1.807, 2.05) is 116 Å². The third-order valence-electron chi connectivity index (χ3n) is 10.6. The number of hydrogen-bond acceptors (Lipinski definition) is 7. The first-order chi connectivity index (χ1) is 28.6. The summed E-state index contributed by atoms with van der Waals surface area (Å²) in [5, 5.41) is 12.6. The number of sulfonamides is 1. The van der Waals surface area contributed by atoms with Crippen LogP contribution in [0.3, 0.4) is 0 Å². The Labute approximate surface area is 347 Å². The Morgan fingerprint density at radius 1 is 0.729 bits per heavy atom. The van der Waals surface area contributed by atoms with Crippen molar-refractivity contribution in [2.24, 2.45) is 0 Å². The summed E-state index contributed by atoms with van der Waals surface area (Å²) in [5.74, 6) is -0.418. The van der Waals surface area contributed by atoms with Gasteiger partial charge in [-0.2, -0.15) is 4.72 Å². The maximum Gasteiger partial charge on any atom is 0.241 e. The molecule has 0 radical (unpaired) electrons. The maximum absolute atomic E-state index is 13.7. The number of carbonyl (C=O) groups excluding carboxylic acids is 1. The molecule has 59 heavy (non-hydrogen) atoms. The summed E-state index contributed by atoms with van der Waals surface area (Å²) < 4.78 is 42.6. The molecule has 1 aliphatic rings. The normalized spacial score (nSPS) is 17.4. The van der Waals surface area contributed by atoms with E-state index in [2.05, 4.69) is 46.3 Å². The second-order valence-corrected chi connectivity index (χ2v) is 17.0. The minimum absolute atomic E-state index is 0.0115. The predicted molar refractivity (Wildman–Crippen MR) is 230 cm³/mol. The number of rotatable bonds is 16. The second-order valence-electron chi connectivity index (χ2n) is 15.2. The van der Waals surface area contributed by atoms with E-state index in [0.29, 0.717) is 6.42 Å². The molecule has 0 aromatic heterocycles. The molecular formula is C49H51N3O6S. The molecule has 6 aromatic rings. The van der Waals surface area contributed by atoms with Crippen LogP contribution in [0, 0.1) is 6.92 Å². The third-order valence-corrected chi connectivity index (χ3v) is 12.1. The van der Waals surface area contributed by atoms with Crippen molar-refractivity contribution in [1.82, 2.24) is 14.9 Å². The predicted octanol–water partition coefficient (Wildman–Crippen LogP) is 8.04. The highest BCUT2D eigenvalue weighted by Gasteiger charge is 2.33. The quantitative estimate of drug-likeness (QED) is 0.0907. The Morgan fingerprint density at radius 2 is 1.37 bits per heavy atom. The Kier molecular flexibility index (Phi) is 13.8. The molecule has 10 heteroatoms. The molecule has 4 atom stereocenters. The number of aliphatic hydroxyl groups is 1. The van der Waals surface area contributed by atoms with E-state index in [0.717, 1.165) is 57.6 Å². The number of aryl methyl sites for hydroxylation is 1. The molecule has 9 nitrogen and oxygen atoms in total. The third kappa shape index (κ3) is 11.4. The molecule has 0 aliphatic carbocycles. The number of aliphatic hydroxyl groups excluding tert-OH is 1. The average Bonchev–Trinajstić information content (AvgIpc) is 3.26. The van der Waals surface area contributed by atoms with Crippen LogP contribution in [0.2, 0.25) is 0 Å². The smallest absolute Gasteiger partial charge is 0.241 e. The maximum atomic E-state index is 13.7. The first-order valence-corrected chi connectivity index (χ1v) is 21.4. The Bertz CT molecular complexity index is 2380. The standard InChI is InChI=1S/C49H51N3O6S/c1-35-16-26-45(27-17-35)59(55,56)51-46(29-36-10-5-3-6-11-36)48(54)50-31-39-14-9-15-43(28-39)40-22-24-42(25-23-40)49-57-44(33-52(2)32-37-12-7-4-8-13-37)30-47(58-49)41-20-18-38(34-53)19-21-41/h3-28,44,46-47,49,51,53H,29-34H2,1-2H3,(H,50,54)/t44-,46+,47+,49+/m0/s1. The van der Waals surface area contributed by atoms with Gasteiger partial charge in [0.2, 0.25) is 15.9 Å². The van der Waals surface area contributed by atoms with Crippen molar-refractivity contribution in [1.29, 1.82) is 0 Å². The van der Waals surface area contributed by atoms with Crippen molar-refractivity contribution in [3.63, 3.8) is 0 Å². The SMILES string of the molecule is Cc1ccc(S(=O)(=O)N[C@H](Cc2ccccc2)C(=O)NCc2cccc(-c3ccc([C@@H]4O[C@H](CN(C)Cc5ccccc5)C[C@H](c5ccc(CO)cc5)O4)cc3)c2)cc1. The Morgan fingerprint density at radius 3 is 2.05 bits per heavy atom. The molecule has 1 heterocycles. The Hall–Kier alpha value is -5.46. The number of nitrogens with one attached hydrogen (secondary N) is 2. The van der Waals surface area contributed by atoms with E-state index in [-0.39, 0.29) is 36.7 Å².